The molecule has 1 amide bonds. The molecule has 8 nitrogen and oxygen atoms in total. The van der Waals surface area contributed by atoms with Gasteiger partial charge in [0.2, 0.25) is 11.8 Å². The van der Waals surface area contributed by atoms with Crippen molar-refractivity contribution in [1.29, 1.82) is 0 Å². The van der Waals surface area contributed by atoms with Crippen LogP contribution in [0.25, 0.3) is 0 Å². The lowest BCUT2D eigenvalue weighted by atomic mass is 10.1. The first-order valence-electron chi connectivity index (χ1n) is 11.8. The third kappa shape index (κ3) is 4.98. The van der Waals surface area contributed by atoms with Gasteiger partial charge in [-0.2, -0.15) is 4.98 Å². The van der Waals surface area contributed by atoms with Gasteiger partial charge < -0.3 is 19.7 Å². The first kappa shape index (κ1) is 23.3. The summed E-state index contributed by atoms with van der Waals surface area (Å²) in [6, 6.07) is 21.6. The van der Waals surface area contributed by atoms with E-state index < -0.39 is 0 Å². The summed E-state index contributed by atoms with van der Waals surface area (Å²) in [5.74, 6) is 1.12. The molecule has 0 spiro atoms. The highest BCUT2D eigenvalue weighted by molar-refractivity contribution is 5.96. The number of benzene rings is 2. The summed E-state index contributed by atoms with van der Waals surface area (Å²) in [5, 5.41) is 2.89. The number of fused-ring (bicyclic) bond motifs is 1. The average molecular weight is 482 g/mol. The summed E-state index contributed by atoms with van der Waals surface area (Å²) in [4.78, 5) is 28.7. The SMILES string of the molecule is COc1cccc(COc2nc(N3c4ccccc4CC3C)ncc2C(=O)NCc2ccccn2)c1. The fourth-order valence-corrected chi connectivity index (χ4v) is 4.29. The summed E-state index contributed by atoms with van der Waals surface area (Å²) < 4.78 is 11.4. The number of anilines is 2. The van der Waals surface area contributed by atoms with Crippen LogP contribution in [0.15, 0.2) is 79.1 Å². The molecule has 0 saturated heterocycles. The first-order chi connectivity index (χ1) is 17.6. The minimum atomic E-state index is -0.331. The zero-order valence-corrected chi connectivity index (χ0v) is 20.2. The van der Waals surface area contributed by atoms with Crippen molar-refractivity contribution < 1.29 is 14.3 Å². The summed E-state index contributed by atoms with van der Waals surface area (Å²) in [6.07, 6.45) is 4.12. The lowest BCUT2D eigenvalue weighted by molar-refractivity contribution is 0.0944. The van der Waals surface area contributed by atoms with Gasteiger partial charge in [0.15, 0.2) is 0 Å². The van der Waals surface area contributed by atoms with Gasteiger partial charge in [0.05, 0.1) is 19.3 Å². The molecular formula is C28H27N5O3. The average Bonchev–Trinajstić information content (AvgIpc) is 3.26. The highest BCUT2D eigenvalue weighted by Crippen LogP contribution is 2.37. The molecule has 1 aliphatic heterocycles. The van der Waals surface area contributed by atoms with Crippen molar-refractivity contribution in [2.75, 3.05) is 12.0 Å². The second-order valence-electron chi connectivity index (χ2n) is 8.58. The van der Waals surface area contributed by atoms with E-state index in [1.165, 1.54) is 11.8 Å². The third-order valence-electron chi connectivity index (χ3n) is 6.07. The van der Waals surface area contributed by atoms with E-state index in [9.17, 15) is 4.79 Å². The van der Waals surface area contributed by atoms with Gasteiger partial charge in [0, 0.05) is 24.1 Å². The Kier molecular flexibility index (Phi) is 6.75. The van der Waals surface area contributed by atoms with Crippen LogP contribution in [-0.4, -0.2) is 34.0 Å². The summed E-state index contributed by atoms with van der Waals surface area (Å²) in [6.45, 7) is 2.64. The van der Waals surface area contributed by atoms with E-state index in [0.717, 1.165) is 29.1 Å². The van der Waals surface area contributed by atoms with Gasteiger partial charge in [-0.05, 0) is 54.8 Å². The Morgan fingerprint density at radius 1 is 1.08 bits per heavy atom. The maximum absolute atomic E-state index is 13.1. The fourth-order valence-electron chi connectivity index (χ4n) is 4.29. The van der Waals surface area contributed by atoms with Gasteiger partial charge in [0.25, 0.3) is 5.91 Å². The molecule has 2 aromatic heterocycles. The molecule has 182 valence electrons. The zero-order valence-electron chi connectivity index (χ0n) is 20.2. The van der Waals surface area contributed by atoms with Crippen LogP contribution in [0.1, 0.15) is 34.1 Å². The van der Waals surface area contributed by atoms with Crippen LogP contribution < -0.4 is 19.7 Å². The van der Waals surface area contributed by atoms with Crippen molar-refractivity contribution in [2.24, 2.45) is 0 Å². The van der Waals surface area contributed by atoms with E-state index in [0.29, 0.717) is 5.95 Å². The molecule has 0 bridgehead atoms. The molecule has 5 rings (SSSR count). The number of aromatic nitrogens is 3. The van der Waals surface area contributed by atoms with Crippen LogP contribution in [-0.2, 0) is 19.6 Å². The largest absolute Gasteiger partial charge is 0.497 e. The Balaban J connectivity index is 1.44. The van der Waals surface area contributed by atoms with Crippen LogP contribution >= 0.6 is 0 Å². The highest BCUT2D eigenvalue weighted by Gasteiger charge is 2.30. The molecule has 36 heavy (non-hydrogen) atoms. The predicted molar refractivity (Wildman–Crippen MR) is 137 cm³/mol. The molecule has 1 aliphatic rings. The lowest BCUT2D eigenvalue weighted by Crippen LogP contribution is -2.28. The summed E-state index contributed by atoms with van der Waals surface area (Å²) >= 11 is 0. The first-order valence-corrected chi connectivity index (χ1v) is 11.8. The van der Waals surface area contributed by atoms with Crippen LogP contribution in [0.5, 0.6) is 11.6 Å². The second-order valence-corrected chi connectivity index (χ2v) is 8.58. The molecule has 0 aliphatic carbocycles. The molecule has 0 fully saturated rings. The minimum Gasteiger partial charge on any atom is -0.497 e. The maximum Gasteiger partial charge on any atom is 0.258 e. The quantitative estimate of drug-likeness (QED) is 0.397. The number of hydrogen-bond donors (Lipinski definition) is 1. The highest BCUT2D eigenvalue weighted by atomic mass is 16.5. The van der Waals surface area contributed by atoms with Crippen molar-refractivity contribution in [2.45, 2.75) is 32.5 Å². The minimum absolute atomic E-state index is 0.178. The molecule has 3 heterocycles. The number of carbonyl (C=O) groups excluding carboxylic acids is 1. The Morgan fingerprint density at radius 3 is 2.78 bits per heavy atom. The van der Waals surface area contributed by atoms with Crippen molar-refractivity contribution in [3.05, 3.63) is 102 Å². The van der Waals surface area contributed by atoms with Gasteiger partial charge in [-0.15, -0.1) is 0 Å². The maximum atomic E-state index is 13.1. The summed E-state index contributed by atoms with van der Waals surface area (Å²) in [7, 11) is 1.62. The second kappa shape index (κ2) is 10.4. The van der Waals surface area contributed by atoms with Gasteiger partial charge in [0.1, 0.15) is 17.9 Å². The van der Waals surface area contributed by atoms with Gasteiger partial charge in [-0.25, -0.2) is 4.98 Å². The third-order valence-corrected chi connectivity index (χ3v) is 6.07. The molecule has 1 atom stereocenters. The van der Waals surface area contributed by atoms with Crippen LogP contribution in [0.4, 0.5) is 11.6 Å². The van der Waals surface area contributed by atoms with E-state index in [-0.39, 0.29) is 36.5 Å². The molecule has 1 unspecified atom stereocenters. The molecule has 0 saturated carbocycles. The smallest absolute Gasteiger partial charge is 0.258 e. The van der Waals surface area contributed by atoms with Crippen LogP contribution in [0.3, 0.4) is 0 Å². The number of carbonyl (C=O) groups is 1. The number of rotatable bonds is 8. The van der Waals surface area contributed by atoms with E-state index in [2.05, 4.69) is 39.2 Å². The molecule has 2 aromatic carbocycles. The Labute approximate surface area is 210 Å². The van der Waals surface area contributed by atoms with Crippen molar-refractivity contribution in [3.63, 3.8) is 0 Å². The normalized spacial score (nSPS) is 14.3. The Hall–Kier alpha value is -4.46. The summed E-state index contributed by atoms with van der Waals surface area (Å²) in [5.41, 5.74) is 4.22. The van der Waals surface area contributed by atoms with Crippen LogP contribution in [0, 0.1) is 0 Å². The molecular weight excluding hydrogens is 454 g/mol. The number of pyridine rings is 1. The van der Waals surface area contributed by atoms with Crippen molar-refractivity contribution in [1.82, 2.24) is 20.3 Å². The van der Waals surface area contributed by atoms with Crippen molar-refractivity contribution >= 4 is 17.5 Å². The number of para-hydroxylation sites is 1. The monoisotopic (exact) mass is 481 g/mol. The Morgan fingerprint density at radius 2 is 1.94 bits per heavy atom. The lowest BCUT2D eigenvalue weighted by Gasteiger charge is -2.23. The topological polar surface area (TPSA) is 89.5 Å². The number of nitrogens with one attached hydrogen (secondary N) is 1. The number of nitrogens with zero attached hydrogens (tertiary/aromatic N) is 4. The van der Waals surface area contributed by atoms with E-state index >= 15 is 0 Å². The van der Waals surface area contributed by atoms with E-state index in [1.54, 1.807) is 13.3 Å². The fraction of sp³-hybridized carbons (Fsp3) is 0.214. The molecule has 1 N–H and O–H groups in total. The predicted octanol–water partition coefficient (Wildman–Crippen LogP) is 4.47. The number of amides is 1. The molecule has 0 radical (unpaired) electrons. The molecule has 8 heteroatoms. The van der Waals surface area contributed by atoms with Gasteiger partial charge in [-0.1, -0.05) is 36.4 Å². The van der Waals surface area contributed by atoms with Crippen molar-refractivity contribution in [3.8, 4) is 11.6 Å². The number of hydrogen-bond acceptors (Lipinski definition) is 7. The van der Waals surface area contributed by atoms with Crippen LogP contribution in [0.2, 0.25) is 0 Å². The van der Waals surface area contributed by atoms with Gasteiger partial charge >= 0.3 is 0 Å². The van der Waals surface area contributed by atoms with E-state index in [4.69, 9.17) is 14.5 Å². The van der Waals surface area contributed by atoms with Gasteiger partial charge in [-0.3, -0.25) is 9.78 Å². The number of ether oxygens (including phenoxy) is 2. The zero-order chi connectivity index (χ0) is 24.9. The Bertz CT molecular complexity index is 1360. The molecule has 4 aromatic rings. The number of methoxy groups -OCH3 is 1. The standard InChI is InChI=1S/C28H27N5O3/c1-19-14-21-9-3-4-12-25(21)33(19)28-31-17-24(26(34)30-16-22-10-5-6-13-29-22)27(32-28)36-18-20-8-7-11-23(15-20)35-2/h3-13,15,17,19H,14,16,18H2,1-2H3,(H,30,34). The van der Waals surface area contributed by atoms with E-state index in [1.807, 2.05) is 54.6 Å².